The molecule has 0 saturated heterocycles. The highest BCUT2D eigenvalue weighted by Gasteiger charge is 2.14. The van der Waals surface area contributed by atoms with E-state index in [1.54, 1.807) is 0 Å². The largest absolute Gasteiger partial charge is 0.314 e. The SMILES string of the molecule is CCNC(C)C(CC)CN(C)C. The number of nitrogens with zero attached hydrogens (tertiary/aromatic N) is 1. The molecule has 0 saturated carbocycles. The average molecular weight is 172 g/mol. The summed E-state index contributed by atoms with van der Waals surface area (Å²) < 4.78 is 0. The van der Waals surface area contributed by atoms with E-state index in [0.717, 1.165) is 12.5 Å². The maximum atomic E-state index is 3.48. The quantitative estimate of drug-likeness (QED) is 0.654. The Hall–Kier alpha value is -0.0800. The van der Waals surface area contributed by atoms with E-state index < -0.39 is 0 Å². The zero-order chi connectivity index (χ0) is 9.56. The highest BCUT2D eigenvalue weighted by molar-refractivity contribution is 4.72. The molecule has 2 heteroatoms. The minimum Gasteiger partial charge on any atom is -0.314 e. The van der Waals surface area contributed by atoms with Crippen molar-refractivity contribution in [2.24, 2.45) is 5.92 Å². The molecular formula is C10H24N2. The standard InChI is InChI=1S/C10H24N2/c1-6-10(8-12(4)5)9(3)11-7-2/h9-11H,6-8H2,1-5H3. The topological polar surface area (TPSA) is 15.3 Å². The third-order valence-electron chi connectivity index (χ3n) is 2.36. The Morgan fingerprint density at radius 1 is 1.25 bits per heavy atom. The van der Waals surface area contributed by atoms with Crippen LogP contribution in [0.25, 0.3) is 0 Å². The van der Waals surface area contributed by atoms with Crippen LogP contribution in [0.5, 0.6) is 0 Å². The second-order valence-electron chi connectivity index (χ2n) is 3.78. The van der Waals surface area contributed by atoms with Crippen molar-refractivity contribution in [1.29, 1.82) is 0 Å². The lowest BCUT2D eigenvalue weighted by molar-refractivity contribution is 0.268. The fourth-order valence-electron chi connectivity index (χ4n) is 1.60. The molecule has 0 aromatic rings. The second-order valence-corrected chi connectivity index (χ2v) is 3.78. The van der Waals surface area contributed by atoms with Crippen molar-refractivity contribution >= 4 is 0 Å². The summed E-state index contributed by atoms with van der Waals surface area (Å²) in [5.41, 5.74) is 0. The van der Waals surface area contributed by atoms with Crippen LogP contribution in [-0.2, 0) is 0 Å². The molecule has 0 radical (unpaired) electrons. The number of nitrogens with one attached hydrogen (secondary N) is 1. The Kier molecular flexibility index (Phi) is 6.39. The van der Waals surface area contributed by atoms with Crippen molar-refractivity contribution in [2.75, 3.05) is 27.2 Å². The van der Waals surface area contributed by atoms with Crippen LogP contribution in [0.3, 0.4) is 0 Å². The van der Waals surface area contributed by atoms with Gasteiger partial charge in [-0.1, -0.05) is 20.3 Å². The first-order valence-electron chi connectivity index (χ1n) is 4.99. The molecule has 74 valence electrons. The highest BCUT2D eigenvalue weighted by atomic mass is 15.1. The molecule has 0 aromatic heterocycles. The predicted molar refractivity (Wildman–Crippen MR) is 55.5 cm³/mol. The van der Waals surface area contributed by atoms with Crippen molar-refractivity contribution in [3.63, 3.8) is 0 Å². The monoisotopic (exact) mass is 172 g/mol. The van der Waals surface area contributed by atoms with Crippen LogP contribution < -0.4 is 5.32 Å². The Balaban J connectivity index is 3.78. The van der Waals surface area contributed by atoms with Gasteiger partial charge in [-0.25, -0.2) is 0 Å². The van der Waals surface area contributed by atoms with Gasteiger partial charge in [0.05, 0.1) is 0 Å². The second kappa shape index (κ2) is 6.44. The van der Waals surface area contributed by atoms with Crippen LogP contribution in [-0.4, -0.2) is 38.1 Å². The van der Waals surface area contributed by atoms with E-state index >= 15 is 0 Å². The Morgan fingerprint density at radius 3 is 2.17 bits per heavy atom. The van der Waals surface area contributed by atoms with Gasteiger partial charge in [0.2, 0.25) is 0 Å². The molecule has 0 spiro atoms. The molecule has 0 rings (SSSR count). The van der Waals surface area contributed by atoms with Crippen LogP contribution in [0.1, 0.15) is 27.2 Å². The average Bonchev–Trinajstić information content (AvgIpc) is 2.00. The molecule has 0 fully saturated rings. The van der Waals surface area contributed by atoms with Gasteiger partial charge >= 0.3 is 0 Å². The normalized spacial score (nSPS) is 16.5. The van der Waals surface area contributed by atoms with Crippen LogP contribution in [0, 0.1) is 5.92 Å². The van der Waals surface area contributed by atoms with Gasteiger partial charge in [-0.3, -0.25) is 0 Å². The number of hydrogen-bond donors (Lipinski definition) is 1. The molecule has 1 N–H and O–H groups in total. The molecule has 0 aromatic carbocycles. The van der Waals surface area contributed by atoms with E-state index in [0.29, 0.717) is 6.04 Å². The van der Waals surface area contributed by atoms with Crippen molar-refractivity contribution in [3.8, 4) is 0 Å². The summed E-state index contributed by atoms with van der Waals surface area (Å²) in [5, 5.41) is 3.48. The van der Waals surface area contributed by atoms with Gasteiger partial charge in [0.25, 0.3) is 0 Å². The third kappa shape index (κ3) is 4.73. The van der Waals surface area contributed by atoms with Crippen molar-refractivity contribution in [1.82, 2.24) is 10.2 Å². The Morgan fingerprint density at radius 2 is 1.83 bits per heavy atom. The highest BCUT2D eigenvalue weighted by Crippen LogP contribution is 2.08. The molecule has 0 aliphatic rings. The van der Waals surface area contributed by atoms with Crippen LogP contribution in [0.15, 0.2) is 0 Å². The number of rotatable bonds is 6. The zero-order valence-corrected chi connectivity index (χ0v) is 9.22. The lowest BCUT2D eigenvalue weighted by atomic mass is 9.98. The van der Waals surface area contributed by atoms with Crippen molar-refractivity contribution < 1.29 is 0 Å². The fraction of sp³-hybridized carbons (Fsp3) is 1.00. The molecule has 2 nitrogen and oxygen atoms in total. The molecule has 0 bridgehead atoms. The Labute approximate surface area is 77.3 Å². The first kappa shape index (κ1) is 11.9. The van der Waals surface area contributed by atoms with E-state index in [4.69, 9.17) is 0 Å². The summed E-state index contributed by atoms with van der Waals surface area (Å²) in [6, 6.07) is 0.641. The van der Waals surface area contributed by atoms with Gasteiger partial charge in [-0.05, 0) is 33.5 Å². The van der Waals surface area contributed by atoms with E-state index in [-0.39, 0.29) is 0 Å². The summed E-state index contributed by atoms with van der Waals surface area (Å²) in [5.74, 6) is 0.778. The van der Waals surface area contributed by atoms with Gasteiger partial charge in [0.15, 0.2) is 0 Å². The van der Waals surface area contributed by atoms with E-state index in [9.17, 15) is 0 Å². The molecule has 0 amide bonds. The molecular weight excluding hydrogens is 148 g/mol. The van der Waals surface area contributed by atoms with Gasteiger partial charge in [0, 0.05) is 12.6 Å². The van der Waals surface area contributed by atoms with Crippen molar-refractivity contribution in [3.05, 3.63) is 0 Å². The summed E-state index contributed by atoms with van der Waals surface area (Å²) >= 11 is 0. The molecule has 12 heavy (non-hydrogen) atoms. The molecule has 0 aliphatic carbocycles. The maximum absolute atomic E-state index is 3.48. The summed E-state index contributed by atoms with van der Waals surface area (Å²) in [4.78, 5) is 2.27. The maximum Gasteiger partial charge on any atom is 0.00789 e. The molecule has 2 unspecified atom stereocenters. The first-order chi connectivity index (χ1) is 5.61. The van der Waals surface area contributed by atoms with Crippen LogP contribution in [0.4, 0.5) is 0 Å². The smallest absolute Gasteiger partial charge is 0.00789 e. The predicted octanol–water partition coefficient (Wildman–Crippen LogP) is 1.57. The number of hydrogen-bond acceptors (Lipinski definition) is 2. The van der Waals surface area contributed by atoms with E-state index in [1.807, 2.05) is 0 Å². The summed E-state index contributed by atoms with van der Waals surface area (Å²) in [6.45, 7) is 8.97. The van der Waals surface area contributed by atoms with Crippen LogP contribution >= 0.6 is 0 Å². The molecule has 0 aliphatic heterocycles. The molecule has 2 atom stereocenters. The lowest BCUT2D eigenvalue weighted by Crippen LogP contribution is -2.38. The lowest BCUT2D eigenvalue weighted by Gasteiger charge is -2.26. The minimum absolute atomic E-state index is 0.641. The minimum atomic E-state index is 0.641. The summed E-state index contributed by atoms with van der Waals surface area (Å²) in [7, 11) is 4.28. The van der Waals surface area contributed by atoms with Gasteiger partial charge in [-0.2, -0.15) is 0 Å². The van der Waals surface area contributed by atoms with E-state index in [1.165, 1.54) is 13.0 Å². The molecule has 0 heterocycles. The third-order valence-corrected chi connectivity index (χ3v) is 2.36. The summed E-state index contributed by atoms with van der Waals surface area (Å²) in [6.07, 6.45) is 1.26. The van der Waals surface area contributed by atoms with Crippen LogP contribution in [0.2, 0.25) is 0 Å². The van der Waals surface area contributed by atoms with Gasteiger partial charge < -0.3 is 10.2 Å². The Bertz CT molecular complexity index is 102. The van der Waals surface area contributed by atoms with Gasteiger partial charge in [-0.15, -0.1) is 0 Å². The van der Waals surface area contributed by atoms with Crippen molar-refractivity contribution in [2.45, 2.75) is 33.2 Å². The van der Waals surface area contributed by atoms with Gasteiger partial charge in [0.1, 0.15) is 0 Å². The fourth-order valence-corrected chi connectivity index (χ4v) is 1.60. The zero-order valence-electron chi connectivity index (χ0n) is 9.22. The van der Waals surface area contributed by atoms with E-state index in [2.05, 4.69) is 45.1 Å². The first-order valence-corrected chi connectivity index (χ1v) is 4.99.